The van der Waals surface area contributed by atoms with Gasteiger partial charge in [-0.1, -0.05) is 32.4 Å². The Labute approximate surface area is 134 Å². The molecule has 0 fully saturated rings. The van der Waals surface area contributed by atoms with Crippen LogP contribution in [0.5, 0.6) is 0 Å². The summed E-state index contributed by atoms with van der Waals surface area (Å²) in [4.78, 5) is 35.0. The molecule has 120 valence electrons. The van der Waals surface area contributed by atoms with Crippen LogP contribution in [0.1, 0.15) is 31.1 Å². The largest absolute Gasteiger partial charge is 0.465 e. The highest BCUT2D eigenvalue weighted by Gasteiger charge is 2.21. The number of rotatable bonds is 4. The molecule has 0 aromatic heterocycles. The lowest BCUT2D eigenvalue weighted by Crippen LogP contribution is -2.39. The predicted molar refractivity (Wildman–Crippen MR) is 83.9 cm³/mol. The van der Waals surface area contributed by atoms with Crippen molar-refractivity contribution in [1.82, 2.24) is 5.32 Å². The minimum Gasteiger partial charge on any atom is -0.465 e. The monoisotopic (exact) mass is 326 g/mol. The molecule has 0 unspecified atom stereocenters. The summed E-state index contributed by atoms with van der Waals surface area (Å²) in [5.74, 6) is -1.22. The van der Waals surface area contributed by atoms with E-state index < -0.39 is 17.3 Å². The average Bonchev–Trinajstić information content (AvgIpc) is 2.45. The first-order valence-corrected chi connectivity index (χ1v) is 6.99. The minimum atomic E-state index is -0.581. The van der Waals surface area contributed by atoms with Crippen molar-refractivity contribution in [3.8, 4) is 0 Å². The zero-order valence-corrected chi connectivity index (χ0v) is 13.7. The Bertz CT molecular complexity index is 594. The first-order chi connectivity index (χ1) is 10.1. The van der Waals surface area contributed by atoms with E-state index in [1.54, 1.807) is 20.8 Å². The van der Waals surface area contributed by atoms with E-state index in [4.69, 9.17) is 11.6 Å². The van der Waals surface area contributed by atoms with Crippen LogP contribution in [-0.4, -0.2) is 31.4 Å². The van der Waals surface area contributed by atoms with Crippen molar-refractivity contribution >= 4 is 35.1 Å². The molecule has 1 rings (SSSR count). The van der Waals surface area contributed by atoms with E-state index in [9.17, 15) is 14.4 Å². The first-order valence-electron chi connectivity index (χ1n) is 6.61. The second-order valence-electron chi connectivity index (χ2n) is 5.67. The van der Waals surface area contributed by atoms with E-state index in [1.165, 1.54) is 25.3 Å². The van der Waals surface area contributed by atoms with E-state index in [-0.39, 0.29) is 28.7 Å². The van der Waals surface area contributed by atoms with Crippen LogP contribution in [0, 0.1) is 5.41 Å². The molecule has 2 amide bonds. The van der Waals surface area contributed by atoms with Crippen LogP contribution >= 0.6 is 11.6 Å². The number of halogens is 1. The average molecular weight is 327 g/mol. The summed E-state index contributed by atoms with van der Waals surface area (Å²) >= 11 is 5.97. The normalized spacial score (nSPS) is 10.8. The highest BCUT2D eigenvalue weighted by atomic mass is 35.5. The zero-order valence-electron chi connectivity index (χ0n) is 13.0. The Kier molecular flexibility index (Phi) is 5.93. The molecule has 0 saturated carbocycles. The maximum atomic E-state index is 11.8. The third kappa shape index (κ3) is 5.04. The van der Waals surface area contributed by atoms with Crippen molar-refractivity contribution in [3.05, 3.63) is 28.8 Å². The van der Waals surface area contributed by atoms with Gasteiger partial charge in [-0.05, 0) is 18.2 Å². The van der Waals surface area contributed by atoms with Gasteiger partial charge in [-0.15, -0.1) is 0 Å². The number of hydrogen-bond donors (Lipinski definition) is 2. The lowest BCUT2D eigenvalue weighted by atomic mass is 9.96. The van der Waals surface area contributed by atoms with Gasteiger partial charge in [-0.3, -0.25) is 9.59 Å². The van der Waals surface area contributed by atoms with Gasteiger partial charge >= 0.3 is 5.97 Å². The highest BCUT2D eigenvalue weighted by Crippen LogP contribution is 2.23. The number of ether oxygens (including phenoxy) is 1. The minimum absolute atomic E-state index is 0.186. The summed E-state index contributed by atoms with van der Waals surface area (Å²) in [5.41, 5.74) is -0.0385. The second-order valence-corrected chi connectivity index (χ2v) is 6.07. The van der Waals surface area contributed by atoms with Crippen molar-refractivity contribution in [1.29, 1.82) is 0 Å². The molecule has 1 aromatic rings. The maximum Gasteiger partial charge on any atom is 0.337 e. The third-order valence-corrected chi connectivity index (χ3v) is 3.08. The van der Waals surface area contributed by atoms with Crippen LogP contribution in [0.2, 0.25) is 5.02 Å². The Morgan fingerprint density at radius 1 is 1.23 bits per heavy atom. The quantitative estimate of drug-likeness (QED) is 0.831. The van der Waals surface area contributed by atoms with Gasteiger partial charge in [0, 0.05) is 5.41 Å². The lowest BCUT2D eigenvalue weighted by molar-refractivity contribution is -0.130. The van der Waals surface area contributed by atoms with Gasteiger partial charge in [0.05, 0.1) is 29.9 Å². The van der Waals surface area contributed by atoms with Crippen LogP contribution in [-0.2, 0) is 14.3 Å². The Morgan fingerprint density at radius 2 is 1.86 bits per heavy atom. The lowest BCUT2D eigenvalue weighted by Gasteiger charge is -2.17. The van der Waals surface area contributed by atoms with Crippen molar-refractivity contribution in [3.63, 3.8) is 0 Å². The molecule has 0 spiro atoms. The van der Waals surface area contributed by atoms with Crippen molar-refractivity contribution < 1.29 is 19.1 Å². The van der Waals surface area contributed by atoms with Gasteiger partial charge in [-0.25, -0.2) is 4.79 Å². The van der Waals surface area contributed by atoms with Crippen LogP contribution in [0.25, 0.3) is 0 Å². The summed E-state index contributed by atoms with van der Waals surface area (Å²) in [6, 6.07) is 4.39. The molecular weight excluding hydrogens is 308 g/mol. The number of hydrogen-bond acceptors (Lipinski definition) is 4. The molecule has 0 aliphatic heterocycles. The zero-order chi connectivity index (χ0) is 16.9. The number of nitrogens with one attached hydrogen (secondary N) is 2. The molecule has 0 atom stereocenters. The van der Waals surface area contributed by atoms with Crippen LogP contribution in [0.15, 0.2) is 18.2 Å². The Morgan fingerprint density at radius 3 is 2.41 bits per heavy atom. The van der Waals surface area contributed by atoms with Gasteiger partial charge in [-0.2, -0.15) is 0 Å². The number of benzene rings is 1. The van der Waals surface area contributed by atoms with Gasteiger partial charge in [0.2, 0.25) is 11.8 Å². The van der Waals surface area contributed by atoms with E-state index >= 15 is 0 Å². The third-order valence-electron chi connectivity index (χ3n) is 2.75. The number of carbonyl (C=O) groups is 3. The fraction of sp³-hybridized carbons (Fsp3) is 0.400. The fourth-order valence-electron chi connectivity index (χ4n) is 1.49. The Balaban J connectivity index is 2.72. The number of amides is 2. The molecule has 7 heteroatoms. The highest BCUT2D eigenvalue weighted by molar-refractivity contribution is 6.33. The number of anilines is 1. The molecule has 6 nitrogen and oxygen atoms in total. The van der Waals surface area contributed by atoms with Crippen LogP contribution < -0.4 is 10.6 Å². The van der Waals surface area contributed by atoms with E-state index in [0.29, 0.717) is 0 Å². The van der Waals surface area contributed by atoms with Gasteiger partial charge in [0.25, 0.3) is 0 Å². The van der Waals surface area contributed by atoms with Crippen molar-refractivity contribution in [2.45, 2.75) is 20.8 Å². The molecule has 0 heterocycles. The molecule has 0 bridgehead atoms. The molecule has 0 aliphatic rings. The number of methoxy groups -OCH3 is 1. The smallest absolute Gasteiger partial charge is 0.337 e. The van der Waals surface area contributed by atoms with Gasteiger partial charge in [0.1, 0.15) is 0 Å². The summed E-state index contributed by atoms with van der Waals surface area (Å²) in [6.07, 6.45) is 0. The Hall–Kier alpha value is -2.08. The molecule has 2 N–H and O–H groups in total. The summed E-state index contributed by atoms with van der Waals surface area (Å²) < 4.78 is 4.60. The predicted octanol–water partition coefficient (Wildman–Crippen LogP) is 2.23. The molecule has 0 saturated heterocycles. The van der Waals surface area contributed by atoms with Crippen molar-refractivity contribution in [2.75, 3.05) is 19.0 Å². The summed E-state index contributed by atoms with van der Waals surface area (Å²) in [6.45, 7) is 5.06. The number of carbonyl (C=O) groups excluding carboxylic acids is 3. The molecule has 1 aromatic carbocycles. The van der Waals surface area contributed by atoms with Gasteiger partial charge in [0.15, 0.2) is 0 Å². The summed E-state index contributed by atoms with van der Waals surface area (Å²) in [5, 5.41) is 5.35. The molecule has 0 aliphatic carbocycles. The molecule has 22 heavy (non-hydrogen) atoms. The van der Waals surface area contributed by atoms with E-state index in [2.05, 4.69) is 15.4 Å². The van der Waals surface area contributed by atoms with Crippen LogP contribution in [0.3, 0.4) is 0 Å². The van der Waals surface area contributed by atoms with E-state index in [1.807, 2.05) is 0 Å². The van der Waals surface area contributed by atoms with Crippen LogP contribution in [0.4, 0.5) is 5.69 Å². The first kappa shape index (κ1) is 18.0. The summed E-state index contributed by atoms with van der Waals surface area (Å²) in [7, 11) is 1.26. The maximum absolute atomic E-state index is 11.8. The van der Waals surface area contributed by atoms with Gasteiger partial charge < -0.3 is 15.4 Å². The van der Waals surface area contributed by atoms with E-state index in [0.717, 1.165) is 0 Å². The van der Waals surface area contributed by atoms with Crippen molar-refractivity contribution in [2.24, 2.45) is 5.41 Å². The number of esters is 1. The fourth-order valence-corrected chi connectivity index (χ4v) is 1.65. The molecule has 0 radical (unpaired) electrons. The second kappa shape index (κ2) is 7.26. The SMILES string of the molecule is COC(=O)c1ccc(Cl)c(NC(=O)CNC(=O)C(C)(C)C)c1. The topological polar surface area (TPSA) is 84.5 Å². The standard InChI is InChI=1S/C15H19ClN2O4/c1-15(2,3)14(21)17-8-12(19)18-11-7-9(13(20)22-4)5-6-10(11)16/h5-7H,8H2,1-4H3,(H,17,21)(H,18,19). The molecular formula is C15H19ClN2O4.